The van der Waals surface area contributed by atoms with Crippen LogP contribution >= 0.6 is 34.3 Å². The van der Waals surface area contributed by atoms with Gasteiger partial charge in [0.2, 0.25) is 4.96 Å². The largest absolute Gasteiger partial charge is 0.235 e. The zero-order valence-electron chi connectivity index (χ0n) is 8.63. The summed E-state index contributed by atoms with van der Waals surface area (Å²) >= 11 is 9.26. The molecule has 0 radical (unpaired) electrons. The maximum Gasteiger partial charge on any atom is 0.235 e. The summed E-state index contributed by atoms with van der Waals surface area (Å²) < 4.78 is 1.87. The molecule has 3 aromatic rings. The standard InChI is InChI=1S/C10H7ClN4S2/c11-6-3-4-16-7(6)9-14-15-8(5-1-2-5)12-13-10(15)17-9/h3-5H,1-2H2. The Balaban J connectivity index is 1.90. The first-order valence-electron chi connectivity index (χ1n) is 5.28. The molecule has 0 aromatic carbocycles. The molecule has 3 heterocycles. The molecule has 1 fully saturated rings. The lowest BCUT2D eigenvalue weighted by molar-refractivity contribution is 0.829. The molecule has 0 amide bonds. The zero-order valence-corrected chi connectivity index (χ0v) is 11.0. The van der Waals surface area contributed by atoms with E-state index in [1.807, 2.05) is 16.0 Å². The minimum Gasteiger partial charge on any atom is -0.187 e. The monoisotopic (exact) mass is 282 g/mol. The fourth-order valence-corrected chi connectivity index (χ4v) is 3.92. The van der Waals surface area contributed by atoms with Gasteiger partial charge in [-0.25, -0.2) is 0 Å². The van der Waals surface area contributed by atoms with E-state index in [0.29, 0.717) is 5.92 Å². The van der Waals surface area contributed by atoms with Crippen molar-refractivity contribution in [3.8, 4) is 9.88 Å². The molecule has 7 heteroatoms. The molecule has 4 rings (SSSR count). The molecular weight excluding hydrogens is 276 g/mol. The second-order valence-corrected chi connectivity index (χ2v) is 6.31. The van der Waals surface area contributed by atoms with Crippen molar-refractivity contribution in [2.45, 2.75) is 18.8 Å². The van der Waals surface area contributed by atoms with Crippen LogP contribution in [0.3, 0.4) is 0 Å². The number of thiophene rings is 1. The summed E-state index contributed by atoms with van der Waals surface area (Å²) in [6.45, 7) is 0. The molecular formula is C10H7ClN4S2. The van der Waals surface area contributed by atoms with Crippen molar-refractivity contribution in [3.63, 3.8) is 0 Å². The Morgan fingerprint density at radius 1 is 1.35 bits per heavy atom. The summed E-state index contributed by atoms with van der Waals surface area (Å²) in [5, 5.41) is 16.6. The van der Waals surface area contributed by atoms with E-state index >= 15 is 0 Å². The Hall–Kier alpha value is -0.980. The maximum atomic E-state index is 6.12. The van der Waals surface area contributed by atoms with E-state index in [4.69, 9.17) is 11.6 Å². The van der Waals surface area contributed by atoms with E-state index in [2.05, 4.69) is 15.3 Å². The van der Waals surface area contributed by atoms with E-state index < -0.39 is 0 Å². The molecule has 1 aliphatic rings. The van der Waals surface area contributed by atoms with Crippen LogP contribution in [0.25, 0.3) is 14.8 Å². The minimum absolute atomic E-state index is 0.554. The highest BCUT2D eigenvalue weighted by molar-refractivity contribution is 7.24. The molecule has 0 atom stereocenters. The highest BCUT2D eigenvalue weighted by Crippen LogP contribution is 2.41. The molecule has 0 aliphatic heterocycles. The SMILES string of the molecule is Clc1ccsc1-c1nn2c(C3CC3)nnc2s1. The third-order valence-electron chi connectivity index (χ3n) is 2.77. The second-order valence-electron chi connectivity index (χ2n) is 4.03. The van der Waals surface area contributed by atoms with Gasteiger partial charge in [0, 0.05) is 5.92 Å². The zero-order chi connectivity index (χ0) is 11.4. The number of rotatable bonds is 2. The molecule has 0 unspecified atom stereocenters. The molecule has 1 aliphatic carbocycles. The van der Waals surface area contributed by atoms with Crippen molar-refractivity contribution < 1.29 is 0 Å². The lowest BCUT2D eigenvalue weighted by atomic mass is 10.4. The number of nitrogens with zero attached hydrogens (tertiary/aromatic N) is 4. The lowest BCUT2D eigenvalue weighted by Gasteiger charge is -1.91. The van der Waals surface area contributed by atoms with Crippen LogP contribution in [-0.2, 0) is 0 Å². The smallest absolute Gasteiger partial charge is 0.187 e. The Morgan fingerprint density at radius 2 is 2.24 bits per heavy atom. The van der Waals surface area contributed by atoms with Crippen LogP contribution in [0.15, 0.2) is 11.4 Å². The predicted octanol–water partition coefficient (Wildman–Crippen LogP) is 3.45. The Bertz CT molecular complexity index is 694. The highest BCUT2D eigenvalue weighted by atomic mass is 35.5. The molecule has 3 aromatic heterocycles. The number of hydrogen-bond acceptors (Lipinski definition) is 5. The first kappa shape index (κ1) is 9.99. The van der Waals surface area contributed by atoms with Crippen molar-refractivity contribution in [2.75, 3.05) is 0 Å². The molecule has 0 spiro atoms. The summed E-state index contributed by atoms with van der Waals surface area (Å²) in [5.41, 5.74) is 0. The molecule has 17 heavy (non-hydrogen) atoms. The summed E-state index contributed by atoms with van der Waals surface area (Å²) in [4.78, 5) is 1.87. The fraction of sp³-hybridized carbons (Fsp3) is 0.300. The Labute approximate surface area is 110 Å². The van der Waals surface area contributed by atoms with Gasteiger partial charge in [-0.1, -0.05) is 22.9 Å². The molecule has 0 N–H and O–H groups in total. The van der Waals surface area contributed by atoms with Gasteiger partial charge < -0.3 is 0 Å². The first-order valence-corrected chi connectivity index (χ1v) is 7.36. The first-order chi connectivity index (χ1) is 8.33. The summed E-state index contributed by atoms with van der Waals surface area (Å²) in [5.74, 6) is 1.55. The van der Waals surface area contributed by atoms with Crippen LogP contribution in [0.1, 0.15) is 24.6 Å². The molecule has 86 valence electrons. The number of fused-ring (bicyclic) bond motifs is 1. The Morgan fingerprint density at radius 3 is 2.94 bits per heavy atom. The van der Waals surface area contributed by atoms with Gasteiger partial charge in [-0.2, -0.15) is 9.61 Å². The summed E-state index contributed by atoms with van der Waals surface area (Å²) in [6.07, 6.45) is 2.40. The molecule has 4 nitrogen and oxygen atoms in total. The predicted molar refractivity (Wildman–Crippen MR) is 69.0 cm³/mol. The Kier molecular flexibility index (Phi) is 2.06. The van der Waals surface area contributed by atoms with Crippen molar-refractivity contribution in [1.82, 2.24) is 19.8 Å². The van der Waals surface area contributed by atoms with E-state index in [1.54, 1.807) is 11.3 Å². The van der Waals surface area contributed by atoms with Gasteiger partial charge in [-0.05, 0) is 24.3 Å². The van der Waals surface area contributed by atoms with Gasteiger partial charge in [-0.15, -0.1) is 21.5 Å². The lowest BCUT2D eigenvalue weighted by Crippen LogP contribution is -1.92. The van der Waals surface area contributed by atoms with Gasteiger partial charge in [-0.3, -0.25) is 0 Å². The molecule has 0 bridgehead atoms. The topological polar surface area (TPSA) is 43.1 Å². The van der Waals surface area contributed by atoms with Crippen molar-refractivity contribution in [3.05, 3.63) is 22.3 Å². The van der Waals surface area contributed by atoms with Gasteiger partial charge in [0.25, 0.3) is 0 Å². The van der Waals surface area contributed by atoms with Crippen molar-refractivity contribution in [2.24, 2.45) is 0 Å². The maximum absolute atomic E-state index is 6.12. The van der Waals surface area contributed by atoms with Gasteiger partial charge in [0.05, 0.1) is 9.90 Å². The normalized spacial score (nSPS) is 15.8. The van der Waals surface area contributed by atoms with Crippen LogP contribution in [0, 0.1) is 0 Å². The molecule has 0 saturated heterocycles. The summed E-state index contributed by atoms with van der Waals surface area (Å²) in [7, 11) is 0. The van der Waals surface area contributed by atoms with E-state index in [1.165, 1.54) is 24.2 Å². The second kappa shape index (κ2) is 3.51. The quantitative estimate of drug-likeness (QED) is 0.723. The fourth-order valence-electron chi connectivity index (χ4n) is 1.77. The van der Waals surface area contributed by atoms with Gasteiger partial charge in [0.1, 0.15) is 0 Å². The van der Waals surface area contributed by atoms with Crippen LogP contribution in [0.4, 0.5) is 0 Å². The average molecular weight is 283 g/mol. The third-order valence-corrected chi connectivity index (χ3v) is 5.16. The minimum atomic E-state index is 0.554. The van der Waals surface area contributed by atoms with Crippen molar-refractivity contribution in [1.29, 1.82) is 0 Å². The summed E-state index contributed by atoms with van der Waals surface area (Å²) in [6, 6.07) is 1.89. The van der Waals surface area contributed by atoms with E-state index in [-0.39, 0.29) is 0 Å². The number of halogens is 1. The highest BCUT2D eigenvalue weighted by Gasteiger charge is 2.30. The van der Waals surface area contributed by atoms with Crippen LogP contribution in [-0.4, -0.2) is 19.8 Å². The van der Waals surface area contributed by atoms with Crippen LogP contribution in [0.2, 0.25) is 5.02 Å². The molecule has 1 saturated carbocycles. The van der Waals surface area contributed by atoms with Crippen LogP contribution in [0.5, 0.6) is 0 Å². The van der Waals surface area contributed by atoms with Crippen molar-refractivity contribution >= 4 is 39.2 Å². The van der Waals surface area contributed by atoms with E-state index in [9.17, 15) is 0 Å². The van der Waals surface area contributed by atoms with Gasteiger partial charge >= 0.3 is 0 Å². The number of hydrogen-bond donors (Lipinski definition) is 0. The van der Waals surface area contributed by atoms with Crippen LogP contribution < -0.4 is 0 Å². The van der Waals surface area contributed by atoms with E-state index in [0.717, 1.165) is 25.7 Å². The van der Waals surface area contributed by atoms with Gasteiger partial charge in [0.15, 0.2) is 10.8 Å². The third kappa shape index (κ3) is 1.51. The average Bonchev–Trinajstić information content (AvgIpc) is 2.75. The number of aromatic nitrogens is 4.